The monoisotopic (exact) mass is 466 g/mol. The summed E-state index contributed by atoms with van der Waals surface area (Å²) in [5.41, 5.74) is 2.54. The number of aryl methyl sites for hydroxylation is 1. The second-order valence-electron chi connectivity index (χ2n) is 5.84. The molecule has 3 rings (SSSR count). The highest BCUT2D eigenvalue weighted by atomic mass is 127. The maximum Gasteiger partial charge on any atom is 0.283 e. The summed E-state index contributed by atoms with van der Waals surface area (Å²) in [5, 5.41) is 3.01. The van der Waals surface area contributed by atoms with Crippen molar-refractivity contribution < 1.29 is 9.59 Å². The number of imide groups is 1. The van der Waals surface area contributed by atoms with Crippen LogP contribution in [0.2, 0.25) is 0 Å². The number of amides is 2. The molecule has 1 heterocycles. The van der Waals surface area contributed by atoms with Gasteiger partial charge in [0.1, 0.15) is 10.7 Å². The van der Waals surface area contributed by atoms with E-state index in [0.717, 1.165) is 19.6 Å². The number of nitrogens with one attached hydrogen (secondary N) is 1. The molecule has 0 bridgehead atoms. The maximum absolute atomic E-state index is 12.8. The van der Waals surface area contributed by atoms with Crippen LogP contribution in [-0.2, 0) is 9.59 Å². The van der Waals surface area contributed by atoms with Crippen molar-refractivity contribution in [3.05, 3.63) is 74.0 Å². The maximum atomic E-state index is 12.8. The summed E-state index contributed by atoms with van der Waals surface area (Å²) in [4.78, 5) is 26.5. The normalized spacial score (nSPS) is 15.8. The van der Waals surface area contributed by atoms with Crippen molar-refractivity contribution in [3.8, 4) is 0 Å². The van der Waals surface area contributed by atoms with Gasteiger partial charge in [-0.25, -0.2) is 4.90 Å². The van der Waals surface area contributed by atoms with Crippen LogP contribution in [0.5, 0.6) is 0 Å². The third-order valence-electron chi connectivity index (χ3n) is 4.09. The molecule has 0 fully saturated rings. The van der Waals surface area contributed by atoms with Crippen LogP contribution in [-0.4, -0.2) is 11.8 Å². The number of hydrogen-bond donors (Lipinski definition) is 1. The Balaban J connectivity index is 1.89. The van der Waals surface area contributed by atoms with E-state index < -0.39 is 11.8 Å². The quantitative estimate of drug-likeness (QED) is 0.541. The number of carbonyl (C=O) groups is 2. The third kappa shape index (κ3) is 3.43. The van der Waals surface area contributed by atoms with Gasteiger partial charge in [-0.3, -0.25) is 9.59 Å². The average Bonchev–Trinajstić information content (AvgIpc) is 2.80. The Kier molecular flexibility index (Phi) is 5.15. The van der Waals surface area contributed by atoms with Gasteiger partial charge in [-0.15, -0.1) is 0 Å². The fourth-order valence-electron chi connectivity index (χ4n) is 2.76. The SMILES string of the molecule is Cc1cc(I)ccc1N1C(=O)C(Cl)=C(NC(C)c2ccccc2)C1=O. The highest BCUT2D eigenvalue weighted by molar-refractivity contribution is 14.1. The molecule has 0 radical (unpaired) electrons. The fraction of sp³-hybridized carbons (Fsp3) is 0.158. The molecule has 6 heteroatoms. The molecule has 1 unspecified atom stereocenters. The van der Waals surface area contributed by atoms with Crippen molar-refractivity contribution in [3.63, 3.8) is 0 Å². The summed E-state index contributed by atoms with van der Waals surface area (Å²) in [6.07, 6.45) is 0. The third-order valence-corrected chi connectivity index (χ3v) is 5.11. The van der Waals surface area contributed by atoms with Crippen molar-refractivity contribution in [2.75, 3.05) is 4.90 Å². The van der Waals surface area contributed by atoms with E-state index in [1.807, 2.05) is 56.3 Å². The number of halogens is 2. The van der Waals surface area contributed by atoms with E-state index in [2.05, 4.69) is 27.9 Å². The van der Waals surface area contributed by atoms with Gasteiger partial charge in [0.2, 0.25) is 0 Å². The zero-order chi connectivity index (χ0) is 18.1. The number of carbonyl (C=O) groups excluding carboxylic acids is 2. The molecule has 2 amide bonds. The Bertz CT molecular complexity index is 880. The predicted octanol–water partition coefficient (Wildman–Crippen LogP) is 4.27. The van der Waals surface area contributed by atoms with Crippen LogP contribution in [0.25, 0.3) is 0 Å². The Morgan fingerprint density at radius 3 is 2.40 bits per heavy atom. The highest BCUT2D eigenvalue weighted by Crippen LogP contribution is 2.32. The van der Waals surface area contributed by atoms with Gasteiger partial charge < -0.3 is 5.32 Å². The van der Waals surface area contributed by atoms with Crippen LogP contribution in [0.15, 0.2) is 59.3 Å². The van der Waals surface area contributed by atoms with Crippen LogP contribution >= 0.6 is 34.2 Å². The number of nitrogens with zero attached hydrogens (tertiary/aromatic N) is 1. The number of benzene rings is 2. The lowest BCUT2D eigenvalue weighted by molar-refractivity contribution is -0.120. The van der Waals surface area contributed by atoms with Gasteiger partial charge in [-0.1, -0.05) is 41.9 Å². The Labute approximate surface area is 165 Å². The van der Waals surface area contributed by atoms with Gasteiger partial charge in [-0.2, -0.15) is 0 Å². The molecule has 1 aliphatic rings. The van der Waals surface area contributed by atoms with Gasteiger partial charge >= 0.3 is 0 Å². The molecule has 1 atom stereocenters. The van der Waals surface area contributed by atoms with E-state index in [-0.39, 0.29) is 16.8 Å². The summed E-state index contributed by atoms with van der Waals surface area (Å²) in [5.74, 6) is -0.930. The number of rotatable bonds is 4. The topological polar surface area (TPSA) is 49.4 Å². The molecule has 1 aliphatic heterocycles. The zero-order valence-corrected chi connectivity index (χ0v) is 16.6. The smallest absolute Gasteiger partial charge is 0.283 e. The number of hydrogen-bond acceptors (Lipinski definition) is 3. The first-order valence-electron chi connectivity index (χ1n) is 7.76. The van der Waals surface area contributed by atoms with Crippen molar-refractivity contribution in [1.29, 1.82) is 0 Å². The van der Waals surface area contributed by atoms with Crippen LogP contribution in [0.1, 0.15) is 24.1 Å². The Morgan fingerprint density at radius 1 is 1.08 bits per heavy atom. The van der Waals surface area contributed by atoms with Crippen molar-refractivity contribution >= 4 is 51.7 Å². The van der Waals surface area contributed by atoms with Gasteiger partial charge in [0, 0.05) is 9.61 Å². The van der Waals surface area contributed by atoms with E-state index in [4.69, 9.17) is 11.6 Å². The first kappa shape index (κ1) is 17.9. The summed E-state index contributed by atoms with van der Waals surface area (Å²) < 4.78 is 1.04. The first-order chi connectivity index (χ1) is 11.9. The summed E-state index contributed by atoms with van der Waals surface area (Å²) in [6.45, 7) is 3.78. The van der Waals surface area contributed by atoms with E-state index in [0.29, 0.717) is 5.69 Å². The molecule has 0 saturated heterocycles. The van der Waals surface area contributed by atoms with E-state index in [1.54, 1.807) is 6.07 Å². The lowest BCUT2D eigenvalue weighted by Gasteiger charge is -2.19. The molecular formula is C19H16ClIN2O2. The standard InChI is InChI=1S/C19H16ClIN2O2/c1-11-10-14(21)8-9-15(11)23-18(24)16(20)17(19(23)25)22-12(2)13-6-4-3-5-7-13/h3-10,12,22H,1-2H3. The van der Waals surface area contributed by atoms with Crippen molar-refractivity contribution in [1.82, 2.24) is 5.32 Å². The van der Waals surface area contributed by atoms with E-state index in [1.165, 1.54) is 0 Å². The van der Waals surface area contributed by atoms with Gasteiger partial charge in [0.05, 0.1) is 5.69 Å². The molecule has 0 aliphatic carbocycles. The molecule has 0 spiro atoms. The van der Waals surface area contributed by atoms with E-state index >= 15 is 0 Å². The minimum absolute atomic E-state index is 0.0780. The van der Waals surface area contributed by atoms with Gasteiger partial charge in [0.15, 0.2) is 0 Å². The van der Waals surface area contributed by atoms with Crippen molar-refractivity contribution in [2.45, 2.75) is 19.9 Å². The Hall–Kier alpha value is -1.86. The van der Waals surface area contributed by atoms with Crippen LogP contribution in [0.4, 0.5) is 5.69 Å². The molecule has 2 aromatic carbocycles. The fourth-order valence-corrected chi connectivity index (χ4v) is 3.63. The molecule has 25 heavy (non-hydrogen) atoms. The lowest BCUT2D eigenvalue weighted by atomic mass is 10.1. The second-order valence-corrected chi connectivity index (χ2v) is 7.47. The van der Waals surface area contributed by atoms with Crippen LogP contribution in [0, 0.1) is 10.5 Å². The summed E-state index contributed by atoms with van der Waals surface area (Å²) in [7, 11) is 0. The van der Waals surface area contributed by atoms with Crippen LogP contribution in [0.3, 0.4) is 0 Å². The molecule has 2 aromatic rings. The predicted molar refractivity (Wildman–Crippen MR) is 107 cm³/mol. The molecule has 1 N–H and O–H groups in total. The largest absolute Gasteiger partial charge is 0.373 e. The number of anilines is 1. The molecule has 0 saturated carbocycles. The first-order valence-corrected chi connectivity index (χ1v) is 9.22. The molecular weight excluding hydrogens is 451 g/mol. The summed E-state index contributed by atoms with van der Waals surface area (Å²) >= 11 is 8.38. The minimum Gasteiger partial charge on any atom is -0.373 e. The summed E-state index contributed by atoms with van der Waals surface area (Å²) in [6, 6.07) is 15.1. The molecule has 128 valence electrons. The van der Waals surface area contributed by atoms with E-state index in [9.17, 15) is 9.59 Å². The molecule has 4 nitrogen and oxygen atoms in total. The second kappa shape index (κ2) is 7.17. The van der Waals surface area contributed by atoms with Gasteiger partial charge in [0.25, 0.3) is 11.8 Å². The van der Waals surface area contributed by atoms with Crippen molar-refractivity contribution in [2.24, 2.45) is 0 Å². The van der Waals surface area contributed by atoms with Crippen LogP contribution < -0.4 is 10.2 Å². The lowest BCUT2D eigenvalue weighted by Crippen LogP contribution is -2.34. The van der Waals surface area contributed by atoms with Gasteiger partial charge in [-0.05, 0) is 65.8 Å². The Morgan fingerprint density at radius 2 is 1.76 bits per heavy atom. The molecule has 0 aromatic heterocycles. The minimum atomic E-state index is -0.501. The highest BCUT2D eigenvalue weighted by Gasteiger charge is 2.39. The average molecular weight is 467 g/mol. The zero-order valence-electron chi connectivity index (χ0n) is 13.7.